The summed E-state index contributed by atoms with van der Waals surface area (Å²) in [6, 6.07) is 5.31. The van der Waals surface area contributed by atoms with Crippen LogP contribution >= 0.6 is 23.2 Å². The van der Waals surface area contributed by atoms with Crippen LogP contribution in [0, 0.1) is 0 Å². The molecule has 0 aromatic heterocycles. The van der Waals surface area contributed by atoms with Crippen LogP contribution in [0.5, 0.6) is 0 Å². The summed E-state index contributed by atoms with van der Waals surface area (Å²) in [7, 11) is 1.80. The van der Waals surface area contributed by atoms with Crippen LogP contribution in [-0.2, 0) is 0 Å². The van der Waals surface area contributed by atoms with Gasteiger partial charge in [-0.2, -0.15) is 0 Å². The Morgan fingerprint density at radius 2 is 2.06 bits per heavy atom. The highest BCUT2D eigenvalue weighted by molar-refractivity contribution is 6.35. The number of hydrogen-bond acceptors (Lipinski definition) is 2. The van der Waals surface area contributed by atoms with Crippen molar-refractivity contribution in [3.8, 4) is 0 Å². The molecule has 1 aromatic carbocycles. The SMILES string of the molecule is CN(CC1CCCN1)C(=O)c1cc(Cl)cc(Cl)c1. The van der Waals surface area contributed by atoms with E-state index in [0.29, 0.717) is 28.2 Å². The lowest BCUT2D eigenvalue weighted by Crippen LogP contribution is -2.38. The van der Waals surface area contributed by atoms with Crippen molar-refractivity contribution in [2.75, 3.05) is 20.1 Å². The molecule has 1 amide bonds. The molecule has 18 heavy (non-hydrogen) atoms. The van der Waals surface area contributed by atoms with Gasteiger partial charge in [-0.25, -0.2) is 0 Å². The van der Waals surface area contributed by atoms with Crippen molar-refractivity contribution in [3.63, 3.8) is 0 Å². The Morgan fingerprint density at radius 3 is 2.61 bits per heavy atom. The highest BCUT2D eigenvalue weighted by Crippen LogP contribution is 2.20. The van der Waals surface area contributed by atoms with Crippen LogP contribution in [0.3, 0.4) is 0 Å². The van der Waals surface area contributed by atoms with Gasteiger partial charge in [0.05, 0.1) is 0 Å². The predicted octanol–water partition coefficient (Wildman–Crippen LogP) is 2.82. The number of carbonyl (C=O) groups is 1. The van der Waals surface area contributed by atoms with E-state index in [4.69, 9.17) is 23.2 Å². The van der Waals surface area contributed by atoms with Crippen LogP contribution in [-0.4, -0.2) is 37.0 Å². The summed E-state index contributed by atoms with van der Waals surface area (Å²) in [5, 5.41) is 4.34. The summed E-state index contributed by atoms with van der Waals surface area (Å²) in [4.78, 5) is 13.9. The van der Waals surface area contributed by atoms with Gasteiger partial charge < -0.3 is 10.2 Å². The molecule has 0 saturated carbocycles. The molecule has 0 aliphatic carbocycles. The molecule has 0 spiro atoms. The van der Waals surface area contributed by atoms with Crippen LogP contribution in [0.15, 0.2) is 18.2 Å². The van der Waals surface area contributed by atoms with Gasteiger partial charge in [0.1, 0.15) is 0 Å². The van der Waals surface area contributed by atoms with Gasteiger partial charge in [0.25, 0.3) is 5.91 Å². The first kappa shape index (κ1) is 13.7. The van der Waals surface area contributed by atoms with E-state index in [0.717, 1.165) is 13.0 Å². The van der Waals surface area contributed by atoms with Gasteiger partial charge in [0, 0.05) is 35.2 Å². The van der Waals surface area contributed by atoms with E-state index < -0.39 is 0 Å². The maximum Gasteiger partial charge on any atom is 0.253 e. The summed E-state index contributed by atoms with van der Waals surface area (Å²) < 4.78 is 0. The Morgan fingerprint density at radius 1 is 1.39 bits per heavy atom. The summed E-state index contributed by atoms with van der Waals surface area (Å²) in [6.07, 6.45) is 2.30. The first-order chi connectivity index (χ1) is 8.56. The van der Waals surface area contributed by atoms with Gasteiger partial charge >= 0.3 is 0 Å². The number of amides is 1. The Balaban J connectivity index is 2.04. The monoisotopic (exact) mass is 286 g/mol. The van der Waals surface area contributed by atoms with Crippen LogP contribution in [0.25, 0.3) is 0 Å². The van der Waals surface area contributed by atoms with E-state index in [1.807, 2.05) is 0 Å². The third-order valence-corrected chi connectivity index (χ3v) is 3.55. The van der Waals surface area contributed by atoms with E-state index in [2.05, 4.69) is 5.32 Å². The second-order valence-corrected chi connectivity index (χ2v) is 5.51. The standard InChI is InChI=1S/C13H16Cl2N2O/c1-17(8-12-3-2-4-16-12)13(18)9-5-10(14)7-11(15)6-9/h5-7,12,16H,2-4,8H2,1H3. The van der Waals surface area contributed by atoms with Crippen LogP contribution in [0.1, 0.15) is 23.2 Å². The zero-order valence-corrected chi connectivity index (χ0v) is 11.8. The smallest absolute Gasteiger partial charge is 0.253 e. The molecule has 1 aliphatic rings. The number of halogens is 2. The summed E-state index contributed by atoms with van der Waals surface area (Å²) in [5.41, 5.74) is 0.535. The summed E-state index contributed by atoms with van der Waals surface area (Å²) >= 11 is 11.8. The molecule has 1 heterocycles. The number of carbonyl (C=O) groups excluding carboxylic acids is 1. The quantitative estimate of drug-likeness (QED) is 0.927. The molecule has 1 unspecified atom stereocenters. The van der Waals surface area contributed by atoms with E-state index in [-0.39, 0.29) is 5.91 Å². The number of likely N-dealkylation sites (N-methyl/N-ethyl adjacent to an activating group) is 1. The minimum absolute atomic E-state index is 0.0481. The molecular formula is C13H16Cl2N2O. The van der Waals surface area contributed by atoms with E-state index in [9.17, 15) is 4.79 Å². The highest BCUT2D eigenvalue weighted by atomic mass is 35.5. The van der Waals surface area contributed by atoms with Crippen LogP contribution in [0.2, 0.25) is 10.0 Å². The number of hydrogen-bond donors (Lipinski definition) is 1. The number of benzene rings is 1. The molecule has 1 saturated heterocycles. The van der Waals surface area contributed by atoms with Gasteiger partial charge in [-0.3, -0.25) is 4.79 Å². The normalized spacial score (nSPS) is 18.9. The molecule has 2 rings (SSSR count). The van der Waals surface area contributed by atoms with Gasteiger partial charge in [-0.1, -0.05) is 23.2 Å². The molecule has 1 aliphatic heterocycles. The van der Waals surface area contributed by atoms with Crippen molar-refractivity contribution >= 4 is 29.1 Å². The third kappa shape index (κ3) is 3.37. The van der Waals surface area contributed by atoms with Crippen LogP contribution in [0.4, 0.5) is 0 Å². The average molecular weight is 287 g/mol. The van der Waals surface area contributed by atoms with E-state index in [1.54, 1.807) is 30.1 Å². The van der Waals surface area contributed by atoms with E-state index >= 15 is 0 Å². The number of rotatable bonds is 3. The molecule has 3 nitrogen and oxygen atoms in total. The molecule has 5 heteroatoms. The number of nitrogens with zero attached hydrogens (tertiary/aromatic N) is 1. The van der Waals surface area contributed by atoms with Gasteiger partial charge in [0.2, 0.25) is 0 Å². The molecular weight excluding hydrogens is 271 g/mol. The van der Waals surface area contributed by atoms with Crippen molar-refractivity contribution in [2.24, 2.45) is 0 Å². The lowest BCUT2D eigenvalue weighted by atomic mass is 10.1. The average Bonchev–Trinajstić information content (AvgIpc) is 2.79. The van der Waals surface area contributed by atoms with Crippen molar-refractivity contribution in [2.45, 2.75) is 18.9 Å². The van der Waals surface area contributed by atoms with Gasteiger partial charge in [-0.15, -0.1) is 0 Å². The molecule has 1 aromatic rings. The van der Waals surface area contributed by atoms with E-state index in [1.165, 1.54) is 6.42 Å². The number of nitrogens with one attached hydrogen (secondary N) is 1. The van der Waals surface area contributed by atoms with Gasteiger partial charge in [-0.05, 0) is 37.6 Å². The topological polar surface area (TPSA) is 32.3 Å². The van der Waals surface area contributed by atoms with Crippen molar-refractivity contribution in [1.29, 1.82) is 0 Å². The maximum atomic E-state index is 12.2. The Bertz CT molecular complexity index is 424. The molecule has 1 fully saturated rings. The fourth-order valence-electron chi connectivity index (χ4n) is 2.22. The minimum atomic E-state index is -0.0481. The first-order valence-electron chi connectivity index (χ1n) is 6.01. The Kier molecular flexibility index (Phi) is 4.49. The maximum absolute atomic E-state index is 12.2. The third-order valence-electron chi connectivity index (χ3n) is 3.11. The molecule has 1 N–H and O–H groups in total. The zero-order chi connectivity index (χ0) is 13.1. The highest BCUT2D eigenvalue weighted by Gasteiger charge is 2.20. The fraction of sp³-hybridized carbons (Fsp3) is 0.462. The van der Waals surface area contributed by atoms with Crippen LogP contribution < -0.4 is 5.32 Å². The second-order valence-electron chi connectivity index (χ2n) is 4.64. The predicted molar refractivity (Wildman–Crippen MR) is 74.4 cm³/mol. The van der Waals surface area contributed by atoms with Gasteiger partial charge in [0.15, 0.2) is 0 Å². The Hall–Kier alpha value is -0.770. The first-order valence-corrected chi connectivity index (χ1v) is 6.77. The second kappa shape index (κ2) is 5.91. The van der Waals surface area contributed by atoms with Crippen molar-refractivity contribution < 1.29 is 4.79 Å². The summed E-state index contributed by atoms with van der Waals surface area (Å²) in [5.74, 6) is -0.0481. The Labute approximate surface area is 117 Å². The molecule has 0 bridgehead atoms. The minimum Gasteiger partial charge on any atom is -0.340 e. The lowest BCUT2D eigenvalue weighted by Gasteiger charge is -2.21. The molecule has 98 valence electrons. The largest absolute Gasteiger partial charge is 0.340 e. The molecule has 1 atom stereocenters. The molecule has 0 radical (unpaired) electrons. The van der Waals surface area contributed by atoms with Crippen molar-refractivity contribution in [1.82, 2.24) is 10.2 Å². The lowest BCUT2D eigenvalue weighted by molar-refractivity contribution is 0.0784. The summed E-state index contributed by atoms with van der Waals surface area (Å²) in [6.45, 7) is 1.75. The zero-order valence-electron chi connectivity index (χ0n) is 10.2. The fourth-order valence-corrected chi connectivity index (χ4v) is 2.75. The van der Waals surface area contributed by atoms with Crippen molar-refractivity contribution in [3.05, 3.63) is 33.8 Å².